The van der Waals surface area contributed by atoms with Crippen LogP contribution < -0.4 is 19.6 Å². The third-order valence-electron chi connectivity index (χ3n) is 4.26. The van der Waals surface area contributed by atoms with E-state index in [1.54, 1.807) is 6.92 Å². The number of ether oxygens (including phenoxy) is 3. The van der Waals surface area contributed by atoms with Gasteiger partial charge >= 0.3 is 0 Å². The molecule has 8 heteroatoms. The minimum absolute atomic E-state index is 0.00637. The van der Waals surface area contributed by atoms with Crippen molar-refractivity contribution in [3.8, 4) is 45.8 Å². The summed E-state index contributed by atoms with van der Waals surface area (Å²) in [4.78, 5) is 13.0. The zero-order valence-corrected chi connectivity index (χ0v) is 15.1. The summed E-state index contributed by atoms with van der Waals surface area (Å²) in [6.45, 7) is 1.65. The molecule has 0 spiro atoms. The summed E-state index contributed by atoms with van der Waals surface area (Å²) in [5.74, 6) is -1.05. The molecular weight excluding hydrogens is 356 g/mol. The summed E-state index contributed by atoms with van der Waals surface area (Å²) >= 11 is 0. The Hall–Kier alpha value is -3.55. The maximum Gasteiger partial charge on any atom is 0.239 e. The van der Waals surface area contributed by atoms with Crippen LogP contribution in [0.25, 0.3) is 22.3 Å². The first-order chi connectivity index (χ1) is 12.8. The van der Waals surface area contributed by atoms with Crippen molar-refractivity contribution >= 4 is 11.0 Å². The van der Waals surface area contributed by atoms with E-state index in [1.807, 2.05) is 0 Å². The molecule has 1 aromatic heterocycles. The van der Waals surface area contributed by atoms with Crippen molar-refractivity contribution in [3.63, 3.8) is 0 Å². The smallest absolute Gasteiger partial charge is 0.239 e. The monoisotopic (exact) mass is 374 g/mol. The van der Waals surface area contributed by atoms with Gasteiger partial charge in [0.2, 0.25) is 16.9 Å². The van der Waals surface area contributed by atoms with Gasteiger partial charge in [0, 0.05) is 11.1 Å². The average molecular weight is 374 g/mol. The van der Waals surface area contributed by atoms with Crippen LogP contribution in [-0.2, 0) is 0 Å². The molecule has 3 N–H and O–H groups in total. The molecule has 2 aromatic carbocycles. The molecule has 0 saturated carbocycles. The summed E-state index contributed by atoms with van der Waals surface area (Å²) in [6, 6.07) is 3.95. The second kappa shape index (κ2) is 6.64. The largest absolute Gasteiger partial charge is 0.504 e. The first kappa shape index (κ1) is 18.2. The maximum atomic E-state index is 13.0. The van der Waals surface area contributed by atoms with Gasteiger partial charge in [0.25, 0.3) is 0 Å². The Morgan fingerprint density at radius 3 is 2.07 bits per heavy atom. The fourth-order valence-corrected chi connectivity index (χ4v) is 2.97. The predicted molar refractivity (Wildman–Crippen MR) is 97.3 cm³/mol. The molecule has 27 heavy (non-hydrogen) atoms. The lowest BCUT2D eigenvalue weighted by Gasteiger charge is -2.16. The predicted octanol–water partition coefficient (Wildman–Crippen LogP) is 2.91. The molecule has 0 radical (unpaired) electrons. The molecule has 0 aliphatic carbocycles. The van der Waals surface area contributed by atoms with Crippen LogP contribution in [0.15, 0.2) is 27.4 Å². The molecule has 142 valence electrons. The quantitative estimate of drug-likeness (QED) is 0.597. The number of benzene rings is 2. The van der Waals surface area contributed by atoms with Gasteiger partial charge in [0.05, 0.1) is 21.3 Å². The summed E-state index contributed by atoms with van der Waals surface area (Å²) < 4.78 is 21.5. The Bertz CT molecular complexity index is 1100. The molecule has 0 aliphatic rings. The zero-order valence-electron chi connectivity index (χ0n) is 15.1. The lowest BCUT2D eigenvalue weighted by atomic mass is 10.0. The molecule has 0 unspecified atom stereocenters. The number of phenolic OH excluding ortho intramolecular Hbond substituents is 3. The zero-order chi connectivity index (χ0) is 19.9. The minimum atomic E-state index is -0.622. The highest BCUT2D eigenvalue weighted by atomic mass is 16.5. The van der Waals surface area contributed by atoms with Crippen LogP contribution in [0.5, 0.6) is 34.5 Å². The van der Waals surface area contributed by atoms with E-state index < -0.39 is 11.2 Å². The molecule has 8 nitrogen and oxygen atoms in total. The van der Waals surface area contributed by atoms with Crippen LogP contribution in [0.4, 0.5) is 0 Å². The first-order valence-corrected chi connectivity index (χ1v) is 7.86. The number of fused-ring (bicyclic) bond motifs is 1. The van der Waals surface area contributed by atoms with E-state index in [9.17, 15) is 20.1 Å². The van der Waals surface area contributed by atoms with Crippen LogP contribution >= 0.6 is 0 Å². The molecule has 0 fully saturated rings. The van der Waals surface area contributed by atoms with Gasteiger partial charge in [-0.3, -0.25) is 4.79 Å². The van der Waals surface area contributed by atoms with E-state index >= 15 is 0 Å². The van der Waals surface area contributed by atoms with Crippen LogP contribution in [0.1, 0.15) is 5.56 Å². The highest BCUT2D eigenvalue weighted by Crippen LogP contribution is 2.46. The standard InChI is InChI=1S/C19H18O8/c1-8-15-12(13(22)18(25-3)16(8)24-2)14(23)19(26-4)17(27-15)9-5-6-10(20)11(21)7-9/h5-7,20-22H,1-4H3. The molecule has 1 heterocycles. The molecule has 3 aromatic rings. The highest BCUT2D eigenvalue weighted by molar-refractivity contribution is 5.94. The second-order valence-electron chi connectivity index (χ2n) is 5.74. The van der Waals surface area contributed by atoms with Crippen molar-refractivity contribution < 1.29 is 33.9 Å². The van der Waals surface area contributed by atoms with Crippen molar-refractivity contribution in [1.29, 1.82) is 0 Å². The number of rotatable bonds is 4. The third-order valence-corrected chi connectivity index (χ3v) is 4.26. The van der Waals surface area contributed by atoms with Crippen molar-refractivity contribution in [1.82, 2.24) is 0 Å². The van der Waals surface area contributed by atoms with E-state index in [0.29, 0.717) is 11.1 Å². The second-order valence-corrected chi connectivity index (χ2v) is 5.74. The summed E-state index contributed by atoms with van der Waals surface area (Å²) in [5.41, 5.74) is 0.197. The third kappa shape index (κ3) is 2.66. The van der Waals surface area contributed by atoms with Gasteiger partial charge in [0.15, 0.2) is 28.8 Å². The Balaban J connectivity index is 2.49. The SMILES string of the molecule is COc1c(OC)c(O)c2c(=O)c(OC)c(-c3ccc(O)c(O)c3)oc2c1C. The van der Waals surface area contributed by atoms with Gasteiger partial charge in [-0.2, -0.15) is 0 Å². The van der Waals surface area contributed by atoms with Gasteiger partial charge in [-0.15, -0.1) is 0 Å². The first-order valence-electron chi connectivity index (χ1n) is 7.86. The van der Waals surface area contributed by atoms with Crippen LogP contribution in [0.3, 0.4) is 0 Å². The molecule has 0 saturated heterocycles. The number of hydrogen-bond acceptors (Lipinski definition) is 8. The van der Waals surface area contributed by atoms with Crippen molar-refractivity contribution in [2.24, 2.45) is 0 Å². The van der Waals surface area contributed by atoms with E-state index in [2.05, 4.69) is 0 Å². The average Bonchev–Trinajstić information content (AvgIpc) is 2.65. The van der Waals surface area contributed by atoms with E-state index in [-0.39, 0.29) is 45.5 Å². The number of methoxy groups -OCH3 is 3. The molecule has 0 atom stereocenters. The normalized spacial score (nSPS) is 10.8. The number of aromatic hydroxyl groups is 3. The van der Waals surface area contributed by atoms with Crippen molar-refractivity contribution in [2.75, 3.05) is 21.3 Å². The van der Waals surface area contributed by atoms with Crippen LogP contribution in [-0.4, -0.2) is 36.6 Å². The fraction of sp³-hybridized carbons (Fsp3) is 0.211. The van der Waals surface area contributed by atoms with E-state index in [4.69, 9.17) is 18.6 Å². The number of aryl methyl sites for hydroxylation is 1. The lowest BCUT2D eigenvalue weighted by molar-refractivity contribution is 0.332. The Morgan fingerprint density at radius 1 is 0.889 bits per heavy atom. The van der Waals surface area contributed by atoms with E-state index in [0.717, 1.165) is 0 Å². The van der Waals surface area contributed by atoms with Gasteiger partial charge in [-0.05, 0) is 25.1 Å². The fourth-order valence-electron chi connectivity index (χ4n) is 2.97. The van der Waals surface area contributed by atoms with Crippen molar-refractivity contribution in [3.05, 3.63) is 34.0 Å². The van der Waals surface area contributed by atoms with Gasteiger partial charge in [-0.25, -0.2) is 0 Å². The molecular formula is C19H18O8. The Kier molecular flexibility index (Phi) is 4.49. The molecule has 0 amide bonds. The Labute approximate surface area is 153 Å². The topological polar surface area (TPSA) is 119 Å². The molecule has 0 bridgehead atoms. The summed E-state index contributed by atoms with van der Waals surface area (Å²) in [6.07, 6.45) is 0. The summed E-state index contributed by atoms with van der Waals surface area (Å²) in [5, 5.41) is 29.7. The van der Waals surface area contributed by atoms with Gasteiger partial charge in [-0.1, -0.05) is 0 Å². The maximum absolute atomic E-state index is 13.0. The minimum Gasteiger partial charge on any atom is -0.504 e. The highest BCUT2D eigenvalue weighted by Gasteiger charge is 2.27. The van der Waals surface area contributed by atoms with Crippen molar-refractivity contribution in [2.45, 2.75) is 6.92 Å². The van der Waals surface area contributed by atoms with Crippen LogP contribution in [0, 0.1) is 6.92 Å². The van der Waals surface area contributed by atoms with Gasteiger partial charge < -0.3 is 33.9 Å². The summed E-state index contributed by atoms with van der Waals surface area (Å²) in [7, 11) is 4.03. The molecule has 0 aliphatic heterocycles. The van der Waals surface area contributed by atoms with E-state index in [1.165, 1.54) is 39.5 Å². The number of phenols is 3. The van der Waals surface area contributed by atoms with Crippen LogP contribution in [0.2, 0.25) is 0 Å². The molecule has 3 rings (SSSR count). The Morgan fingerprint density at radius 2 is 1.52 bits per heavy atom. The number of hydrogen-bond donors (Lipinski definition) is 3. The lowest BCUT2D eigenvalue weighted by Crippen LogP contribution is -2.09. The van der Waals surface area contributed by atoms with Gasteiger partial charge in [0.1, 0.15) is 11.0 Å².